The molecule has 28 heavy (non-hydrogen) atoms. The van der Waals surface area contributed by atoms with Gasteiger partial charge in [0, 0.05) is 10.8 Å². The number of hydrogen-bond acceptors (Lipinski definition) is 2. The van der Waals surface area contributed by atoms with Crippen molar-refractivity contribution in [3.63, 3.8) is 0 Å². The topological polar surface area (TPSA) is 29.5 Å². The second kappa shape index (κ2) is 5.97. The molecule has 4 aliphatic rings. The minimum absolute atomic E-state index is 0.397. The maximum Gasteiger partial charge on any atom is 0.134 e. The Bertz CT molecular complexity index is 982. The van der Waals surface area contributed by atoms with E-state index in [1.165, 1.54) is 48.4 Å². The zero-order valence-electron chi connectivity index (χ0n) is 16.5. The van der Waals surface area contributed by atoms with Crippen LogP contribution in [0.4, 0.5) is 0 Å². The average Bonchev–Trinajstić information content (AvgIpc) is 2.71. The van der Waals surface area contributed by atoms with Crippen LogP contribution in [0.1, 0.15) is 44.6 Å². The van der Waals surface area contributed by atoms with Crippen molar-refractivity contribution in [2.75, 3.05) is 6.61 Å². The van der Waals surface area contributed by atoms with Gasteiger partial charge in [0.2, 0.25) is 0 Å². The van der Waals surface area contributed by atoms with Gasteiger partial charge in [-0.2, -0.15) is 0 Å². The maximum absolute atomic E-state index is 12.4. The molecule has 1 N–H and O–H groups in total. The van der Waals surface area contributed by atoms with Gasteiger partial charge < -0.3 is 9.84 Å². The first-order valence-corrected chi connectivity index (χ1v) is 11.0. The number of benzene rings is 3. The Morgan fingerprint density at radius 1 is 0.786 bits per heavy atom. The third kappa shape index (κ3) is 2.13. The smallest absolute Gasteiger partial charge is 0.134 e. The summed E-state index contributed by atoms with van der Waals surface area (Å²) in [7, 11) is 0. The van der Waals surface area contributed by atoms with Crippen LogP contribution in [0, 0.1) is 23.7 Å². The monoisotopic (exact) mass is 372 g/mol. The lowest BCUT2D eigenvalue weighted by atomic mass is 9.48. The van der Waals surface area contributed by atoms with E-state index in [-0.39, 0.29) is 0 Å². The Balaban J connectivity index is 1.70. The van der Waals surface area contributed by atoms with Gasteiger partial charge in [-0.05, 0) is 79.0 Å². The summed E-state index contributed by atoms with van der Waals surface area (Å²) in [6.07, 6.45) is 6.17. The first kappa shape index (κ1) is 16.9. The highest BCUT2D eigenvalue weighted by atomic mass is 16.5. The van der Waals surface area contributed by atoms with E-state index in [2.05, 4.69) is 48.5 Å². The minimum Gasteiger partial charge on any atom is -0.493 e. The van der Waals surface area contributed by atoms with Crippen molar-refractivity contribution in [3.8, 4) is 5.75 Å². The van der Waals surface area contributed by atoms with Gasteiger partial charge in [-0.15, -0.1) is 0 Å². The summed E-state index contributed by atoms with van der Waals surface area (Å²) < 4.78 is 6.14. The molecule has 4 saturated carbocycles. The SMILES string of the molecule is CCOc1c2ccccc2c(C2(O)C3CC4CC(C3)CC2C4)c2ccccc12. The Kier molecular flexibility index (Phi) is 3.59. The van der Waals surface area contributed by atoms with Gasteiger partial charge in [-0.25, -0.2) is 0 Å². The molecule has 4 aliphatic carbocycles. The summed E-state index contributed by atoms with van der Waals surface area (Å²) in [4.78, 5) is 0. The van der Waals surface area contributed by atoms with Crippen LogP contribution in [0.15, 0.2) is 48.5 Å². The third-order valence-electron chi connectivity index (χ3n) is 7.95. The lowest BCUT2D eigenvalue weighted by Crippen LogP contribution is -2.55. The number of ether oxygens (including phenoxy) is 1. The number of rotatable bonds is 3. The summed E-state index contributed by atoms with van der Waals surface area (Å²) in [5.74, 6) is 3.43. The van der Waals surface area contributed by atoms with E-state index in [4.69, 9.17) is 4.74 Å². The molecule has 0 radical (unpaired) electrons. The highest BCUT2D eigenvalue weighted by Crippen LogP contribution is 2.63. The van der Waals surface area contributed by atoms with Crippen molar-refractivity contribution >= 4 is 21.5 Å². The molecule has 4 fully saturated rings. The predicted molar refractivity (Wildman–Crippen MR) is 114 cm³/mol. The summed E-state index contributed by atoms with van der Waals surface area (Å²) >= 11 is 0. The molecule has 0 aromatic heterocycles. The fraction of sp³-hybridized carbons (Fsp3) is 0.462. The molecule has 0 atom stereocenters. The zero-order valence-corrected chi connectivity index (χ0v) is 16.5. The van der Waals surface area contributed by atoms with Gasteiger partial charge in [-0.1, -0.05) is 48.5 Å². The Labute approximate surface area is 166 Å². The summed E-state index contributed by atoms with van der Waals surface area (Å²) in [5, 5.41) is 17.1. The van der Waals surface area contributed by atoms with Crippen LogP contribution in [0.5, 0.6) is 5.75 Å². The molecule has 3 aromatic carbocycles. The van der Waals surface area contributed by atoms with Crippen molar-refractivity contribution in [1.29, 1.82) is 0 Å². The van der Waals surface area contributed by atoms with E-state index in [0.717, 1.165) is 28.4 Å². The molecular weight excluding hydrogens is 344 g/mol. The first-order chi connectivity index (χ1) is 13.7. The molecular formula is C26H28O2. The van der Waals surface area contributed by atoms with Crippen LogP contribution in [-0.4, -0.2) is 11.7 Å². The zero-order chi connectivity index (χ0) is 18.9. The fourth-order valence-electron chi connectivity index (χ4n) is 7.13. The van der Waals surface area contributed by atoms with Gasteiger partial charge in [0.1, 0.15) is 5.75 Å². The summed E-state index contributed by atoms with van der Waals surface area (Å²) in [6, 6.07) is 17.1. The fourth-order valence-corrected chi connectivity index (χ4v) is 7.13. The van der Waals surface area contributed by atoms with Crippen LogP contribution >= 0.6 is 0 Å². The highest BCUT2D eigenvalue weighted by Gasteiger charge is 2.58. The van der Waals surface area contributed by atoms with Crippen LogP contribution in [0.25, 0.3) is 21.5 Å². The van der Waals surface area contributed by atoms with Crippen LogP contribution in [0.3, 0.4) is 0 Å². The molecule has 4 bridgehead atoms. The molecule has 2 nitrogen and oxygen atoms in total. The minimum atomic E-state index is -0.711. The Morgan fingerprint density at radius 2 is 1.25 bits per heavy atom. The molecule has 7 rings (SSSR count). The molecule has 3 aromatic rings. The molecule has 0 saturated heterocycles. The lowest BCUT2D eigenvalue weighted by Gasteiger charge is -2.59. The lowest BCUT2D eigenvalue weighted by molar-refractivity contribution is -0.177. The predicted octanol–water partition coefficient (Wildman–Crippen LogP) is 6.04. The molecule has 2 heteroatoms. The number of fused-ring (bicyclic) bond motifs is 2. The largest absolute Gasteiger partial charge is 0.493 e. The molecule has 144 valence electrons. The van der Waals surface area contributed by atoms with E-state index in [1.807, 2.05) is 6.92 Å². The maximum atomic E-state index is 12.4. The van der Waals surface area contributed by atoms with E-state index in [0.29, 0.717) is 18.4 Å². The van der Waals surface area contributed by atoms with Crippen molar-refractivity contribution in [2.45, 2.75) is 44.6 Å². The third-order valence-corrected chi connectivity index (χ3v) is 7.95. The van der Waals surface area contributed by atoms with E-state index >= 15 is 0 Å². The molecule has 0 spiro atoms. The van der Waals surface area contributed by atoms with Crippen molar-refractivity contribution in [1.82, 2.24) is 0 Å². The van der Waals surface area contributed by atoms with Gasteiger partial charge in [0.15, 0.2) is 0 Å². The highest BCUT2D eigenvalue weighted by molar-refractivity contribution is 6.09. The first-order valence-electron chi connectivity index (χ1n) is 11.0. The second-order valence-corrected chi connectivity index (χ2v) is 9.36. The van der Waals surface area contributed by atoms with Crippen LogP contribution < -0.4 is 4.74 Å². The molecule has 0 heterocycles. The van der Waals surface area contributed by atoms with Crippen molar-refractivity contribution < 1.29 is 9.84 Å². The van der Waals surface area contributed by atoms with E-state index < -0.39 is 5.60 Å². The van der Waals surface area contributed by atoms with Gasteiger partial charge in [0.25, 0.3) is 0 Å². The van der Waals surface area contributed by atoms with Gasteiger partial charge >= 0.3 is 0 Å². The van der Waals surface area contributed by atoms with Gasteiger partial charge in [0.05, 0.1) is 12.2 Å². The van der Waals surface area contributed by atoms with Gasteiger partial charge in [-0.3, -0.25) is 0 Å². The van der Waals surface area contributed by atoms with Crippen molar-refractivity contribution in [2.24, 2.45) is 23.7 Å². The summed E-state index contributed by atoms with van der Waals surface area (Å²) in [5.41, 5.74) is 0.466. The Hall–Kier alpha value is -2.06. The second-order valence-electron chi connectivity index (χ2n) is 9.36. The molecule has 0 unspecified atom stereocenters. The summed E-state index contributed by atoms with van der Waals surface area (Å²) in [6.45, 7) is 2.69. The Morgan fingerprint density at radius 3 is 1.71 bits per heavy atom. The molecule has 0 aliphatic heterocycles. The van der Waals surface area contributed by atoms with Crippen molar-refractivity contribution in [3.05, 3.63) is 54.1 Å². The van der Waals surface area contributed by atoms with E-state index in [9.17, 15) is 5.11 Å². The standard InChI is InChI=1S/C26H28O2/c1-2-28-25-22-9-5-3-7-20(22)24(21-8-4-6-10-23(21)25)26(27)18-12-16-11-17(14-18)15-19(26)13-16/h3-10,16-19,27H,2,11-15H2,1H3. The molecule has 0 amide bonds. The number of aliphatic hydroxyl groups is 1. The normalized spacial score (nSPS) is 33.6. The van der Waals surface area contributed by atoms with E-state index in [1.54, 1.807) is 0 Å². The average molecular weight is 373 g/mol. The van der Waals surface area contributed by atoms with Crippen LogP contribution in [0.2, 0.25) is 0 Å². The number of hydrogen-bond donors (Lipinski definition) is 1. The van der Waals surface area contributed by atoms with Crippen LogP contribution in [-0.2, 0) is 5.60 Å². The quantitative estimate of drug-likeness (QED) is 0.568.